The third-order valence-electron chi connectivity index (χ3n) is 2.33. The van der Waals surface area contributed by atoms with E-state index in [1.165, 1.54) is 0 Å². The Kier molecular flexibility index (Phi) is 3.38. The van der Waals surface area contributed by atoms with Gasteiger partial charge in [-0.3, -0.25) is 4.79 Å². The van der Waals surface area contributed by atoms with Crippen LogP contribution in [0.3, 0.4) is 0 Å². The molecule has 0 saturated heterocycles. The van der Waals surface area contributed by atoms with Gasteiger partial charge in [-0.1, -0.05) is 6.07 Å². The second kappa shape index (κ2) is 5.13. The molecule has 1 heterocycles. The first-order valence-electron chi connectivity index (χ1n) is 5.26. The van der Waals surface area contributed by atoms with Crippen molar-refractivity contribution in [2.24, 2.45) is 0 Å². The molecule has 0 aliphatic carbocycles. The summed E-state index contributed by atoms with van der Waals surface area (Å²) in [6, 6.07) is 5.58. The van der Waals surface area contributed by atoms with Gasteiger partial charge < -0.3 is 15.4 Å². The van der Waals surface area contributed by atoms with E-state index in [4.69, 9.17) is 5.11 Å². The number of nitrogens with zero attached hydrogens (tertiary/aromatic N) is 1. The van der Waals surface area contributed by atoms with Gasteiger partial charge in [0, 0.05) is 18.7 Å². The van der Waals surface area contributed by atoms with E-state index in [-0.39, 0.29) is 0 Å². The summed E-state index contributed by atoms with van der Waals surface area (Å²) in [5.74, 6) is -1.59. The highest BCUT2D eigenvalue weighted by atomic mass is 16.4. The lowest BCUT2D eigenvalue weighted by molar-refractivity contribution is -0.131. The summed E-state index contributed by atoms with van der Waals surface area (Å²) in [6.45, 7) is 0.331. The molecule has 1 aromatic heterocycles. The van der Waals surface area contributed by atoms with Crippen LogP contribution < -0.4 is 5.32 Å². The van der Waals surface area contributed by atoms with Gasteiger partial charge in [0.2, 0.25) is 5.91 Å². The zero-order valence-electron chi connectivity index (χ0n) is 9.38. The highest BCUT2D eigenvalue weighted by Crippen LogP contribution is 2.11. The lowest BCUT2D eigenvalue weighted by atomic mass is 10.2. The number of aromatic amines is 1. The van der Waals surface area contributed by atoms with Crippen LogP contribution in [0, 0.1) is 0 Å². The van der Waals surface area contributed by atoms with E-state index in [0.717, 1.165) is 28.7 Å². The van der Waals surface area contributed by atoms with Gasteiger partial charge in [0.05, 0.1) is 17.4 Å². The smallest absolute Gasteiger partial charge is 0.328 e. The molecule has 2 aromatic rings. The van der Waals surface area contributed by atoms with E-state index < -0.39 is 11.9 Å². The van der Waals surface area contributed by atoms with Crippen LogP contribution in [0.2, 0.25) is 0 Å². The molecule has 3 N–H and O–H groups in total. The van der Waals surface area contributed by atoms with Crippen molar-refractivity contribution in [3.8, 4) is 0 Å². The Hall–Kier alpha value is -2.63. The normalized spacial score (nSPS) is 10.9. The van der Waals surface area contributed by atoms with Gasteiger partial charge in [-0.15, -0.1) is 0 Å². The van der Waals surface area contributed by atoms with E-state index >= 15 is 0 Å². The van der Waals surface area contributed by atoms with Crippen LogP contribution in [-0.2, 0) is 16.1 Å². The van der Waals surface area contributed by atoms with Gasteiger partial charge in [-0.05, 0) is 17.7 Å². The Morgan fingerprint density at radius 2 is 2.22 bits per heavy atom. The van der Waals surface area contributed by atoms with E-state index in [9.17, 15) is 9.59 Å². The number of carbonyl (C=O) groups is 2. The summed E-state index contributed by atoms with van der Waals surface area (Å²) in [4.78, 5) is 28.5. The number of H-pyrrole nitrogens is 1. The minimum absolute atomic E-state index is 0.331. The van der Waals surface area contributed by atoms with Crippen LogP contribution >= 0.6 is 0 Å². The Bertz CT molecular complexity index is 616. The van der Waals surface area contributed by atoms with Gasteiger partial charge in [0.15, 0.2) is 0 Å². The molecular weight excluding hydrogens is 234 g/mol. The monoisotopic (exact) mass is 245 g/mol. The number of benzene rings is 1. The summed E-state index contributed by atoms with van der Waals surface area (Å²) in [5.41, 5.74) is 2.66. The second-order valence-corrected chi connectivity index (χ2v) is 3.64. The Labute approximate surface area is 102 Å². The highest BCUT2D eigenvalue weighted by molar-refractivity contribution is 5.93. The molecule has 0 fully saturated rings. The number of hydrogen-bond acceptors (Lipinski definition) is 3. The zero-order valence-corrected chi connectivity index (χ0v) is 9.38. The van der Waals surface area contributed by atoms with Crippen LogP contribution in [0.1, 0.15) is 5.56 Å². The topological polar surface area (TPSA) is 95.1 Å². The quantitative estimate of drug-likeness (QED) is 0.695. The molecule has 0 saturated carbocycles. The van der Waals surface area contributed by atoms with Gasteiger partial charge >= 0.3 is 5.97 Å². The number of aliphatic carboxylic acids is 1. The first kappa shape index (κ1) is 11.8. The number of amides is 1. The summed E-state index contributed by atoms with van der Waals surface area (Å²) in [7, 11) is 0. The maximum Gasteiger partial charge on any atom is 0.328 e. The molecule has 0 spiro atoms. The molecule has 0 bridgehead atoms. The fraction of sp³-hybridized carbons (Fsp3) is 0.0833. The molecular formula is C12H11N3O3. The molecule has 2 rings (SSSR count). The zero-order chi connectivity index (χ0) is 13.0. The van der Waals surface area contributed by atoms with Crippen molar-refractivity contribution in [1.82, 2.24) is 15.3 Å². The fourth-order valence-electron chi connectivity index (χ4n) is 1.49. The summed E-state index contributed by atoms with van der Waals surface area (Å²) >= 11 is 0. The lowest BCUT2D eigenvalue weighted by Crippen LogP contribution is -2.20. The van der Waals surface area contributed by atoms with Crippen molar-refractivity contribution < 1.29 is 14.7 Å². The minimum atomic E-state index is -1.15. The standard InChI is InChI=1S/C12H11N3O3/c16-11(3-4-12(17)18)13-6-8-1-2-9-10(5-8)15-7-14-9/h1-5,7H,6H2,(H,13,16)(H,14,15)(H,17,18)/b4-3+. The molecule has 92 valence electrons. The molecule has 1 amide bonds. The number of carboxylic acids is 1. The molecule has 18 heavy (non-hydrogen) atoms. The molecule has 0 radical (unpaired) electrons. The SMILES string of the molecule is O=C(O)/C=C/C(=O)NCc1ccc2nc[nH]c2c1. The van der Waals surface area contributed by atoms with Crippen molar-refractivity contribution in [3.05, 3.63) is 42.2 Å². The number of nitrogens with one attached hydrogen (secondary N) is 2. The molecule has 0 atom stereocenters. The third kappa shape index (κ3) is 2.94. The number of fused-ring (bicyclic) bond motifs is 1. The number of hydrogen-bond donors (Lipinski definition) is 3. The van der Waals surface area contributed by atoms with Gasteiger partial charge in [-0.25, -0.2) is 9.78 Å². The van der Waals surface area contributed by atoms with Crippen molar-refractivity contribution in [2.45, 2.75) is 6.54 Å². The minimum Gasteiger partial charge on any atom is -0.478 e. The first-order chi connectivity index (χ1) is 8.65. The highest BCUT2D eigenvalue weighted by Gasteiger charge is 2.00. The van der Waals surface area contributed by atoms with Crippen LogP contribution in [0.4, 0.5) is 0 Å². The van der Waals surface area contributed by atoms with Crippen LogP contribution in [0.5, 0.6) is 0 Å². The molecule has 1 aromatic carbocycles. The number of rotatable bonds is 4. The lowest BCUT2D eigenvalue weighted by Gasteiger charge is -2.02. The third-order valence-corrected chi connectivity index (χ3v) is 2.33. The van der Waals surface area contributed by atoms with Crippen molar-refractivity contribution in [2.75, 3.05) is 0 Å². The molecule has 6 heteroatoms. The van der Waals surface area contributed by atoms with Crippen LogP contribution in [0.25, 0.3) is 11.0 Å². The maximum atomic E-state index is 11.3. The summed E-state index contributed by atoms with van der Waals surface area (Å²) in [5, 5.41) is 11.0. The number of carboxylic acid groups (broad SMARTS) is 1. The van der Waals surface area contributed by atoms with Crippen LogP contribution in [-0.4, -0.2) is 27.0 Å². The van der Waals surface area contributed by atoms with E-state index in [0.29, 0.717) is 6.54 Å². The van der Waals surface area contributed by atoms with Crippen LogP contribution in [0.15, 0.2) is 36.7 Å². The van der Waals surface area contributed by atoms with Gasteiger partial charge in [-0.2, -0.15) is 0 Å². The van der Waals surface area contributed by atoms with E-state index in [1.54, 1.807) is 6.33 Å². The molecule has 0 aliphatic rings. The van der Waals surface area contributed by atoms with Crippen molar-refractivity contribution in [1.29, 1.82) is 0 Å². The Morgan fingerprint density at radius 3 is 3.00 bits per heavy atom. The van der Waals surface area contributed by atoms with Gasteiger partial charge in [0.25, 0.3) is 0 Å². The second-order valence-electron chi connectivity index (χ2n) is 3.64. The molecule has 6 nitrogen and oxygen atoms in total. The summed E-state index contributed by atoms with van der Waals surface area (Å²) < 4.78 is 0. The average Bonchev–Trinajstić information content (AvgIpc) is 2.81. The number of imidazole rings is 1. The number of aromatic nitrogens is 2. The number of carbonyl (C=O) groups excluding carboxylic acids is 1. The molecule has 0 aliphatic heterocycles. The van der Waals surface area contributed by atoms with E-state index in [2.05, 4.69) is 15.3 Å². The first-order valence-corrected chi connectivity index (χ1v) is 5.26. The Balaban J connectivity index is 1.97. The summed E-state index contributed by atoms with van der Waals surface area (Å²) in [6.07, 6.45) is 3.38. The van der Waals surface area contributed by atoms with E-state index in [1.807, 2.05) is 18.2 Å². The van der Waals surface area contributed by atoms with Crippen molar-refractivity contribution >= 4 is 22.9 Å². The Morgan fingerprint density at radius 1 is 1.39 bits per heavy atom. The predicted octanol–water partition coefficient (Wildman–Crippen LogP) is 0.820. The average molecular weight is 245 g/mol. The maximum absolute atomic E-state index is 11.3. The largest absolute Gasteiger partial charge is 0.478 e. The van der Waals surface area contributed by atoms with Gasteiger partial charge in [0.1, 0.15) is 0 Å². The fourth-order valence-corrected chi connectivity index (χ4v) is 1.49. The van der Waals surface area contributed by atoms with Crippen molar-refractivity contribution in [3.63, 3.8) is 0 Å². The predicted molar refractivity (Wildman–Crippen MR) is 64.7 cm³/mol. The molecule has 0 unspecified atom stereocenters.